The first-order valence-corrected chi connectivity index (χ1v) is 6.44. The van der Waals surface area contributed by atoms with E-state index in [9.17, 15) is 19.1 Å². The summed E-state index contributed by atoms with van der Waals surface area (Å²) in [5.74, 6) is -1.82. The third-order valence-electron chi connectivity index (χ3n) is 3.67. The van der Waals surface area contributed by atoms with Crippen LogP contribution < -0.4 is 0 Å². The number of nitrogens with zero attached hydrogens (tertiary/aromatic N) is 1. The number of carboxylic acids is 1. The van der Waals surface area contributed by atoms with E-state index in [0.29, 0.717) is 18.4 Å². The second kappa shape index (κ2) is 5.90. The van der Waals surface area contributed by atoms with Crippen molar-refractivity contribution in [1.82, 2.24) is 4.90 Å². The number of carbonyl (C=O) groups is 2. The van der Waals surface area contributed by atoms with Gasteiger partial charge in [0.15, 0.2) is 0 Å². The molecule has 0 aliphatic carbocycles. The highest BCUT2D eigenvalue weighted by Crippen LogP contribution is 2.26. The van der Waals surface area contributed by atoms with Gasteiger partial charge in [-0.2, -0.15) is 0 Å². The van der Waals surface area contributed by atoms with E-state index in [0.717, 1.165) is 0 Å². The Morgan fingerprint density at radius 3 is 2.70 bits per heavy atom. The van der Waals surface area contributed by atoms with E-state index in [1.165, 1.54) is 17.0 Å². The summed E-state index contributed by atoms with van der Waals surface area (Å²) in [5.41, 5.74) is 0.673. The summed E-state index contributed by atoms with van der Waals surface area (Å²) in [5, 5.41) is 18.2. The Bertz CT molecular complexity index is 520. The minimum absolute atomic E-state index is 0.201. The summed E-state index contributed by atoms with van der Waals surface area (Å²) < 4.78 is 13.2. The average Bonchev–Trinajstić information content (AvgIpc) is 2.38. The van der Waals surface area contributed by atoms with E-state index < -0.39 is 24.0 Å². The fourth-order valence-electron chi connectivity index (χ4n) is 2.66. The second-order valence-electron chi connectivity index (χ2n) is 5.02. The van der Waals surface area contributed by atoms with Gasteiger partial charge in [0.2, 0.25) is 0 Å². The molecule has 1 aliphatic rings. The summed E-state index contributed by atoms with van der Waals surface area (Å²) >= 11 is 0. The largest absolute Gasteiger partial charge is 0.481 e. The Labute approximate surface area is 115 Å². The van der Waals surface area contributed by atoms with Crippen LogP contribution in [0.2, 0.25) is 0 Å². The number of hydrogen-bond donors (Lipinski definition) is 2. The second-order valence-corrected chi connectivity index (χ2v) is 5.02. The van der Waals surface area contributed by atoms with Crippen molar-refractivity contribution in [1.29, 1.82) is 0 Å². The highest BCUT2D eigenvalue weighted by Gasteiger charge is 2.34. The molecule has 20 heavy (non-hydrogen) atoms. The first-order chi connectivity index (χ1) is 9.47. The zero-order chi connectivity index (χ0) is 14.7. The lowest BCUT2D eigenvalue weighted by Crippen LogP contribution is -2.47. The van der Waals surface area contributed by atoms with Crippen LogP contribution in [0.25, 0.3) is 0 Å². The van der Waals surface area contributed by atoms with Gasteiger partial charge in [-0.25, -0.2) is 9.18 Å². The van der Waals surface area contributed by atoms with Gasteiger partial charge in [-0.15, -0.1) is 0 Å². The molecule has 1 aliphatic heterocycles. The first-order valence-electron chi connectivity index (χ1n) is 6.44. The van der Waals surface area contributed by atoms with E-state index in [1.54, 1.807) is 12.1 Å². The third-order valence-corrected chi connectivity index (χ3v) is 3.67. The molecule has 1 aromatic rings. The van der Waals surface area contributed by atoms with Gasteiger partial charge in [0.1, 0.15) is 5.82 Å². The predicted octanol–water partition coefficient (Wildman–Crippen LogP) is 2.21. The van der Waals surface area contributed by atoms with Crippen molar-refractivity contribution in [2.45, 2.75) is 25.3 Å². The number of benzene rings is 1. The molecular weight excluding hydrogens is 265 g/mol. The van der Waals surface area contributed by atoms with Crippen molar-refractivity contribution < 1.29 is 24.2 Å². The number of likely N-dealkylation sites (tertiary alicyclic amines) is 1. The normalized spacial score (nSPS) is 22.6. The van der Waals surface area contributed by atoms with Gasteiger partial charge in [0.05, 0.1) is 5.92 Å². The number of piperidine rings is 1. The SMILES string of the molecule is O=C(O)C1CCN(C(=O)O)C(Cc2cccc(F)c2)C1. The zero-order valence-electron chi connectivity index (χ0n) is 10.8. The Hall–Kier alpha value is -2.11. The molecule has 0 aromatic heterocycles. The standard InChI is InChI=1S/C14H16FNO4/c15-11-3-1-2-9(6-11)7-12-8-10(13(17)18)4-5-16(12)14(19)20/h1-3,6,10,12H,4-5,7-8H2,(H,17,18)(H,19,20). The molecule has 5 nitrogen and oxygen atoms in total. The summed E-state index contributed by atoms with van der Waals surface area (Å²) in [6.45, 7) is 0.201. The fraction of sp³-hybridized carbons (Fsp3) is 0.429. The molecule has 6 heteroatoms. The Balaban J connectivity index is 2.15. The molecule has 2 N–H and O–H groups in total. The van der Waals surface area contributed by atoms with E-state index in [2.05, 4.69) is 0 Å². The van der Waals surface area contributed by atoms with Crippen LogP contribution in [0, 0.1) is 11.7 Å². The lowest BCUT2D eigenvalue weighted by molar-refractivity contribution is -0.143. The van der Waals surface area contributed by atoms with Gasteiger partial charge in [-0.05, 0) is 37.0 Å². The number of amides is 1. The maximum absolute atomic E-state index is 13.2. The van der Waals surface area contributed by atoms with Crippen molar-refractivity contribution >= 4 is 12.1 Å². The summed E-state index contributed by atoms with van der Waals surface area (Å²) in [4.78, 5) is 23.5. The van der Waals surface area contributed by atoms with Crippen molar-refractivity contribution in [3.63, 3.8) is 0 Å². The van der Waals surface area contributed by atoms with Gasteiger partial charge in [0, 0.05) is 12.6 Å². The first kappa shape index (κ1) is 14.3. The maximum Gasteiger partial charge on any atom is 0.407 e. The Kier molecular flexibility index (Phi) is 4.22. The molecule has 1 saturated heterocycles. The number of rotatable bonds is 3. The topological polar surface area (TPSA) is 77.8 Å². The number of aliphatic carboxylic acids is 1. The number of halogens is 1. The molecule has 1 fully saturated rings. The average molecular weight is 281 g/mol. The maximum atomic E-state index is 13.2. The van der Waals surface area contributed by atoms with Crippen LogP contribution in [0.1, 0.15) is 18.4 Å². The molecule has 2 atom stereocenters. The van der Waals surface area contributed by atoms with Crippen LogP contribution in [0.3, 0.4) is 0 Å². The minimum atomic E-state index is -1.06. The van der Waals surface area contributed by atoms with Crippen LogP contribution >= 0.6 is 0 Å². The summed E-state index contributed by atoms with van der Waals surface area (Å²) in [6.07, 6.45) is -0.150. The van der Waals surface area contributed by atoms with Gasteiger partial charge < -0.3 is 15.1 Å². The molecule has 1 aromatic carbocycles. The summed E-state index contributed by atoms with van der Waals surface area (Å²) in [7, 11) is 0. The van der Waals surface area contributed by atoms with Gasteiger partial charge in [0.25, 0.3) is 0 Å². The predicted molar refractivity (Wildman–Crippen MR) is 69.0 cm³/mol. The highest BCUT2D eigenvalue weighted by molar-refractivity contribution is 5.71. The quantitative estimate of drug-likeness (QED) is 0.890. The number of carboxylic acid groups (broad SMARTS) is 2. The Morgan fingerprint density at radius 2 is 2.10 bits per heavy atom. The van der Waals surface area contributed by atoms with Crippen LogP contribution in [0.4, 0.5) is 9.18 Å². The molecule has 2 unspecified atom stereocenters. The molecule has 0 bridgehead atoms. The molecule has 0 radical (unpaired) electrons. The summed E-state index contributed by atoms with van der Waals surface area (Å²) in [6, 6.07) is 5.52. The van der Waals surface area contributed by atoms with E-state index in [1.807, 2.05) is 0 Å². The zero-order valence-corrected chi connectivity index (χ0v) is 10.8. The minimum Gasteiger partial charge on any atom is -0.481 e. The lowest BCUT2D eigenvalue weighted by Gasteiger charge is -2.36. The van der Waals surface area contributed by atoms with E-state index >= 15 is 0 Å². The molecular formula is C14H16FNO4. The van der Waals surface area contributed by atoms with Crippen molar-refractivity contribution in [3.05, 3.63) is 35.6 Å². The fourth-order valence-corrected chi connectivity index (χ4v) is 2.66. The van der Waals surface area contributed by atoms with Gasteiger partial charge >= 0.3 is 12.1 Å². The molecule has 108 valence electrons. The van der Waals surface area contributed by atoms with Gasteiger partial charge in [-0.3, -0.25) is 4.79 Å². The van der Waals surface area contributed by atoms with Crippen LogP contribution in [0.5, 0.6) is 0 Å². The van der Waals surface area contributed by atoms with E-state index in [4.69, 9.17) is 5.11 Å². The smallest absolute Gasteiger partial charge is 0.407 e. The molecule has 1 heterocycles. The van der Waals surface area contributed by atoms with Crippen molar-refractivity contribution in [3.8, 4) is 0 Å². The molecule has 2 rings (SSSR count). The molecule has 1 amide bonds. The van der Waals surface area contributed by atoms with E-state index in [-0.39, 0.29) is 18.8 Å². The van der Waals surface area contributed by atoms with Crippen molar-refractivity contribution in [2.24, 2.45) is 5.92 Å². The molecule has 0 saturated carbocycles. The van der Waals surface area contributed by atoms with Crippen LogP contribution in [-0.2, 0) is 11.2 Å². The number of hydrogen-bond acceptors (Lipinski definition) is 2. The van der Waals surface area contributed by atoms with Gasteiger partial charge in [-0.1, -0.05) is 12.1 Å². The van der Waals surface area contributed by atoms with Crippen molar-refractivity contribution in [2.75, 3.05) is 6.54 Å². The Morgan fingerprint density at radius 1 is 1.35 bits per heavy atom. The van der Waals surface area contributed by atoms with Crippen LogP contribution in [0.15, 0.2) is 24.3 Å². The third kappa shape index (κ3) is 3.26. The van der Waals surface area contributed by atoms with Crippen LogP contribution in [-0.4, -0.2) is 39.8 Å². The highest BCUT2D eigenvalue weighted by atomic mass is 19.1. The monoisotopic (exact) mass is 281 g/mol. The molecule has 0 spiro atoms. The lowest BCUT2D eigenvalue weighted by atomic mass is 9.88.